The van der Waals surface area contributed by atoms with E-state index in [1.54, 1.807) is 24.3 Å². The number of hydrogen-bond donors (Lipinski definition) is 1. The summed E-state index contributed by atoms with van der Waals surface area (Å²) in [6, 6.07) is 11.8. The molecule has 4 nitrogen and oxygen atoms in total. The van der Waals surface area contributed by atoms with Crippen molar-refractivity contribution in [3.63, 3.8) is 0 Å². The van der Waals surface area contributed by atoms with Crippen molar-refractivity contribution in [1.82, 2.24) is 10.2 Å². The standard InChI is InChI=1S/C19H20F2N2O2/c1-14(24)23(13-16-4-8-18(21)9-5-16)11-10-19(25)22-12-15-2-6-17(20)7-3-15/h2-9H,10-13H2,1H3,(H,22,25). The van der Waals surface area contributed by atoms with Gasteiger partial charge in [-0.2, -0.15) is 0 Å². The minimum Gasteiger partial charge on any atom is -0.352 e. The number of carbonyl (C=O) groups is 2. The first-order valence-corrected chi connectivity index (χ1v) is 7.95. The average Bonchev–Trinajstić information content (AvgIpc) is 2.59. The molecule has 0 bridgehead atoms. The molecule has 0 unspecified atom stereocenters. The van der Waals surface area contributed by atoms with E-state index < -0.39 is 0 Å². The van der Waals surface area contributed by atoms with Gasteiger partial charge >= 0.3 is 0 Å². The van der Waals surface area contributed by atoms with Gasteiger partial charge in [-0.1, -0.05) is 24.3 Å². The quantitative estimate of drug-likeness (QED) is 0.838. The Balaban J connectivity index is 1.81. The zero-order valence-electron chi connectivity index (χ0n) is 14.0. The van der Waals surface area contributed by atoms with Gasteiger partial charge in [0.15, 0.2) is 0 Å². The van der Waals surface area contributed by atoms with Gasteiger partial charge in [0, 0.05) is 33.0 Å². The van der Waals surface area contributed by atoms with Gasteiger partial charge in [-0.3, -0.25) is 9.59 Å². The Hall–Kier alpha value is -2.76. The van der Waals surface area contributed by atoms with Crippen LogP contribution in [0, 0.1) is 11.6 Å². The molecule has 2 aromatic carbocycles. The highest BCUT2D eigenvalue weighted by Crippen LogP contribution is 2.08. The molecule has 0 spiro atoms. The molecule has 0 fully saturated rings. The predicted octanol–water partition coefficient (Wildman–Crippen LogP) is 3.02. The van der Waals surface area contributed by atoms with Gasteiger partial charge in [-0.05, 0) is 35.4 Å². The molecule has 0 saturated heterocycles. The number of amides is 2. The highest BCUT2D eigenvalue weighted by molar-refractivity contribution is 5.78. The fourth-order valence-corrected chi connectivity index (χ4v) is 2.29. The molecule has 0 aliphatic carbocycles. The highest BCUT2D eigenvalue weighted by atomic mass is 19.1. The molecule has 132 valence electrons. The molecule has 2 amide bonds. The zero-order valence-corrected chi connectivity index (χ0v) is 14.0. The molecule has 2 rings (SSSR count). The Morgan fingerprint density at radius 1 is 0.920 bits per heavy atom. The summed E-state index contributed by atoms with van der Waals surface area (Å²) >= 11 is 0. The summed E-state index contributed by atoms with van der Waals surface area (Å²) in [6.07, 6.45) is 0.155. The van der Waals surface area contributed by atoms with Crippen molar-refractivity contribution < 1.29 is 18.4 Å². The van der Waals surface area contributed by atoms with Crippen molar-refractivity contribution >= 4 is 11.8 Å². The smallest absolute Gasteiger partial charge is 0.222 e. The largest absolute Gasteiger partial charge is 0.352 e. The normalized spacial score (nSPS) is 10.4. The average molecular weight is 346 g/mol. The van der Waals surface area contributed by atoms with E-state index in [4.69, 9.17) is 0 Å². The predicted molar refractivity (Wildman–Crippen MR) is 90.4 cm³/mol. The maximum atomic E-state index is 12.9. The number of nitrogens with zero attached hydrogens (tertiary/aromatic N) is 1. The third kappa shape index (κ3) is 6.33. The minimum atomic E-state index is -0.335. The number of hydrogen-bond acceptors (Lipinski definition) is 2. The number of halogens is 2. The summed E-state index contributed by atoms with van der Waals surface area (Å²) in [4.78, 5) is 25.2. The van der Waals surface area contributed by atoms with Crippen LogP contribution in [0.1, 0.15) is 24.5 Å². The first-order valence-electron chi connectivity index (χ1n) is 7.95. The second-order valence-electron chi connectivity index (χ2n) is 5.72. The van der Waals surface area contributed by atoms with E-state index >= 15 is 0 Å². The van der Waals surface area contributed by atoms with Gasteiger partial charge in [0.2, 0.25) is 11.8 Å². The Morgan fingerprint density at radius 3 is 1.96 bits per heavy atom. The van der Waals surface area contributed by atoms with Crippen molar-refractivity contribution in [2.45, 2.75) is 26.4 Å². The molecular weight excluding hydrogens is 326 g/mol. The molecule has 0 heterocycles. The molecule has 0 aliphatic heterocycles. The Kier molecular flexibility index (Phi) is 6.62. The molecule has 0 radical (unpaired) electrons. The maximum absolute atomic E-state index is 12.9. The first kappa shape index (κ1) is 18.6. The topological polar surface area (TPSA) is 49.4 Å². The van der Waals surface area contributed by atoms with Crippen LogP contribution >= 0.6 is 0 Å². The summed E-state index contributed by atoms with van der Waals surface area (Å²) < 4.78 is 25.8. The highest BCUT2D eigenvalue weighted by Gasteiger charge is 2.12. The van der Waals surface area contributed by atoms with Crippen molar-refractivity contribution in [2.75, 3.05) is 6.54 Å². The maximum Gasteiger partial charge on any atom is 0.222 e. The van der Waals surface area contributed by atoms with Crippen molar-refractivity contribution in [3.05, 3.63) is 71.3 Å². The summed E-state index contributed by atoms with van der Waals surface area (Å²) in [5.74, 6) is -1.02. The monoisotopic (exact) mass is 346 g/mol. The van der Waals surface area contributed by atoms with Crippen molar-refractivity contribution in [1.29, 1.82) is 0 Å². The SMILES string of the molecule is CC(=O)N(CCC(=O)NCc1ccc(F)cc1)Cc1ccc(F)cc1. The van der Waals surface area contributed by atoms with E-state index in [1.807, 2.05) is 0 Å². The van der Waals surface area contributed by atoms with Gasteiger partial charge in [-0.15, -0.1) is 0 Å². The molecule has 1 N–H and O–H groups in total. The Morgan fingerprint density at radius 2 is 1.44 bits per heavy atom. The van der Waals surface area contributed by atoms with Crippen LogP contribution in [0.2, 0.25) is 0 Å². The van der Waals surface area contributed by atoms with Crippen LogP contribution in [-0.2, 0) is 22.7 Å². The summed E-state index contributed by atoms with van der Waals surface area (Å²) in [7, 11) is 0. The van der Waals surface area contributed by atoms with Crippen molar-refractivity contribution in [3.8, 4) is 0 Å². The van der Waals surface area contributed by atoms with E-state index in [2.05, 4.69) is 5.32 Å². The molecular formula is C19H20F2N2O2. The fourth-order valence-electron chi connectivity index (χ4n) is 2.29. The Bertz CT molecular complexity index is 715. The summed E-state index contributed by atoms with van der Waals surface area (Å²) in [5.41, 5.74) is 1.59. The number of nitrogens with one attached hydrogen (secondary N) is 1. The molecule has 0 aromatic heterocycles. The van der Waals surface area contributed by atoms with Crippen molar-refractivity contribution in [2.24, 2.45) is 0 Å². The molecule has 0 atom stereocenters. The lowest BCUT2D eigenvalue weighted by Crippen LogP contribution is -2.33. The molecule has 25 heavy (non-hydrogen) atoms. The molecule has 2 aromatic rings. The number of carbonyl (C=O) groups excluding carboxylic acids is 2. The van der Waals surface area contributed by atoms with Gasteiger partial charge in [0.05, 0.1) is 0 Å². The van der Waals surface area contributed by atoms with E-state index in [1.165, 1.54) is 36.1 Å². The van der Waals surface area contributed by atoms with Crippen LogP contribution in [0.15, 0.2) is 48.5 Å². The Labute approximate surface area is 145 Å². The third-order valence-corrected chi connectivity index (χ3v) is 3.74. The van der Waals surface area contributed by atoms with E-state index in [9.17, 15) is 18.4 Å². The molecule has 0 saturated carbocycles. The van der Waals surface area contributed by atoms with Crippen LogP contribution < -0.4 is 5.32 Å². The summed E-state index contributed by atoms with van der Waals surface area (Å²) in [5, 5.41) is 2.74. The van der Waals surface area contributed by atoms with Gasteiger partial charge in [0.25, 0.3) is 0 Å². The summed E-state index contributed by atoms with van der Waals surface area (Å²) in [6.45, 7) is 2.32. The van der Waals surface area contributed by atoms with Crippen LogP contribution in [0.4, 0.5) is 8.78 Å². The van der Waals surface area contributed by atoms with Gasteiger partial charge in [-0.25, -0.2) is 8.78 Å². The number of rotatable bonds is 7. The van der Waals surface area contributed by atoms with E-state index in [0.29, 0.717) is 13.1 Å². The molecule has 0 aliphatic rings. The minimum absolute atomic E-state index is 0.155. The fraction of sp³-hybridized carbons (Fsp3) is 0.263. The van der Waals surface area contributed by atoms with Crippen LogP contribution in [0.5, 0.6) is 0 Å². The first-order chi connectivity index (χ1) is 11.9. The van der Waals surface area contributed by atoms with E-state index in [0.717, 1.165) is 11.1 Å². The lowest BCUT2D eigenvalue weighted by molar-refractivity contribution is -0.130. The lowest BCUT2D eigenvalue weighted by Gasteiger charge is -2.21. The zero-order chi connectivity index (χ0) is 18.2. The van der Waals surface area contributed by atoms with Crippen LogP contribution in [0.3, 0.4) is 0 Å². The molecule has 6 heteroatoms. The number of benzene rings is 2. The van der Waals surface area contributed by atoms with Crippen LogP contribution in [0.25, 0.3) is 0 Å². The van der Waals surface area contributed by atoms with Crippen LogP contribution in [-0.4, -0.2) is 23.3 Å². The lowest BCUT2D eigenvalue weighted by atomic mass is 10.2. The third-order valence-electron chi connectivity index (χ3n) is 3.74. The second-order valence-corrected chi connectivity index (χ2v) is 5.72. The van der Waals surface area contributed by atoms with Gasteiger partial charge in [0.1, 0.15) is 11.6 Å². The van der Waals surface area contributed by atoms with Gasteiger partial charge < -0.3 is 10.2 Å². The van der Waals surface area contributed by atoms with E-state index in [-0.39, 0.29) is 36.4 Å². The second kappa shape index (κ2) is 8.92.